The van der Waals surface area contributed by atoms with E-state index in [4.69, 9.17) is 21.1 Å². The summed E-state index contributed by atoms with van der Waals surface area (Å²) >= 11 is 6.29. The van der Waals surface area contributed by atoms with Crippen molar-refractivity contribution >= 4 is 27.5 Å². The average Bonchev–Trinajstić information content (AvgIpc) is 2.89. The minimum atomic E-state index is -3.53. The third-order valence-electron chi connectivity index (χ3n) is 6.33. The lowest BCUT2D eigenvalue weighted by atomic mass is 9.96. The summed E-state index contributed by atoms with van der Waals surface area (Å²) in [5.41, 5.74) is 1.08. The molecule has 2 heterocycles. The highest BCUT2D eigenvalue weighted by Gasteiger charge is 2.27. The van der Waals surface area contributed by atoms with Crippen molar-refractivity contribution in [3.8, 4) is 5.75 Å². The number of hydrogen-bond donors (Lipinski definition) is 1. The summed E-state index contributed by atoms with van der Waals surface area (Å²) < 4.78 is 37.8. The SMILES string of the molecule is O=C(NCCOc1ccc(S(=O)(=O)N2CCOCC2)cc1)C1CCCN(Cc2ccccc2Cl)C1. The number of morpholine rings is 1. The van der Waals surface area contributed by atoms with Crippen LogP contribution in [0.4, 0.5) is 0 Å². The fourth-order valence-electron chi connectivity index (χ4n) is 4.41. The Labute approximate surface area is 212 Å². The number of hydrogen-bond acceptors (Lipinski definition) is 6. The highest BCUT2D eigenvalue weighted by Crippen LogP contribution is 2.23. The fourth-order valence-corrected chi connectivity index (χ4v) is 6.02. The highest BCUT2D eigenvalue weighted by molar-refractivity contribution is 7.89. The number of piperidine rings is 1. The summed E-state index contributed by atoms with van der Waals surface area (Å²) in [4.78, 5) is 15.2. The zero-order chi connectivity index (χ0) is 24.7. The van der Waals surface area contributed by atoms with Crippen LogP contribution in [0.2, 0.25) is 5.02 Å². The van der Waals surface area contributed by atoms with Crippen molar-refractivity contribution in [1.82, 2.24) is 14.5 Å². The molecule has 1 unspecified atom stereocenters. The molecular weight excluding hydrogens is 490 g/mol. The van der Waals surface area contributed by atoms with Crippen LogP contribution in [0.25, 0.3) is 0 Å². The maximum absolute atomic E-state index is 12.7. The Balaban J connectivity index is 1.20. The maximum Gasteiger partial charge on any atom is 0.243 e. The number of amides is 1. The van der Waals surface area contributed by atoms with E-state index in [1.807, 2.05) is 24.3 Å². The van der Waals surface area contributed by atoms with Crippen LogP contribution in [-0.4, -0.2) is 76.1 Å². The van der Waals surface area contributed by atoms with Gasteiger partial charge in [-0.2, -0.15) is 4.31 Å². The number of carbonyl (C=O) groups is 1. The Morgan fingerprint density at radius 3 is 2.57 bits per heavy atom. The molecular formula is C25H32ClN3O5S. The number of carbonyl (C=O) groups excluding carboxylic acids is 1. The number of likely N-dealkylation sites (tertiary alicyclic amines) is 1. The van der Waals surface area contributed by atoms with Crippen LogP contribution in [0.5, 0.6) is 5.75 Å². The number of benzene rings is 2. The minimum Gasteiger partial charge on any atom is -0.492 e. The summed E-state index contributed by atoms with van der Waals surface area (Å²) in [5.74, 6) is 0.532. The molecule has 0 aliphatic carbocycles. The van der Waals surface area contributed by atoms with Gasteiger partial charge in [0.1, 0.15) is 12.4 Å². The van der Waals surface area contributed by atoms with Crippen molar-refractivity contribution in [1.29, 1.82) is 0 Å². The molecule has 2 fully saturated rings. The van der Waals surface area contributed by atoms with Gasteiger partial charge in [0.25, 0.3) is 0 Å². The topological polar surface area (TPSA) is 88.2 Å². The van der Waals surface area contributed by atoms with Crippen LogP contribution in [0, 0.1) is 5.92 Å². The molecule has 0 aromatic heterocycles. The molecule has 1 amide bonds. The molecule has 190 valence electrons. The highest BCUT2D eigenvalue weighted by atomic mass is 35.5. The Bertz CT molecular complexity index is 1090. The molecule has 1 N–H and O–H groups in total. The van der Waals surface area contributed by atoms with Crippen LogP contribution >= 0.6 is 11.6 Å². The molecule has 8 nitrogen and oxygen atoms in total. The lowest BCUT2D eigenvalue weighted by Crippen LogP contribution is -2.43. The van der Waals surface area contributed by atoms with Crippen LogP contribution in [0.1, 0.15) is 18.4 Å². The van der Waals surface area contributed by atoms with E-state index < -0.39 is 10.0 Å². The standard InChI is InChI=1S/C25H32ClN3O5S/c26-24-6-2-1-4-20(24)18-28-12-3-5-21(19-28)25(30)27-11-15-34-22-7-9-23(10-8-22)35(31,32)29-13-16-33-17-14-29/h1-2,4,6-10,21H,3,5,11-19H2,(H,27,30). The first-order chi connectivity index (χ1) is 16.9. The molecule has 4 rings (SSSR count). The summed E-state index contributed by atoms with van der Waals surface area (Å²) in [6, 6.07) is 14.2. The van der Waals surface area contributed by atoms with Gasteiger partial charge in [-0.05, 0) is 55.3 Å². The smallest absolute Gasteiger partial charge is 0.243 e. The molecule has 2 aliphatic rings. The number of halogens is 1. The Hall–Kier alpha value is -2.17. The normalized spacial score (nSPS) is 19.9. The lowest BCUT2D eigenvalue weighted by molar-refractivity contribution is -0.126. The Morgan fingerprint density at radius 1 is 1.09 bits per heavy atom. The van der Waals surface area contributed by atoms with Gasteiger partial charge in [-0.3, -0.25) is 9.69 Å². The molecule has 2 aliphatic heterocycles. The van der Waals surface area contributed by atoms with Gasteiger partial charge in [0.2, 0.25) is 15.9 Å². The predicted octanol–water partition coefficient (Wildman–Crippen LogP) is 2.77. The van der Waals surface area contributed by atoms with Crippen molar-refractivity contribution in [2.75, 3.05) is 52.5 Å². The van der Waals surface area contributed by atoms with E-state index in [0.717, 1.165) is 36.5 Å². The lowest BCUT2D eigenvalue weighted by Gasteiger charge is -2.32. The molecule has 35 heavy (non-hydrogen) atoms. The number of nitrogens with zero attached hydrogens (tertiary/aromatic N) is 2. The van der Waals surface area contributed by atoms with Crippen molar-refractivity contribution < 1.29 is 22.7 Å². The number of ether oxygens (including phenoxy) is 2. The molecule has 0 spiro atoms. The van der Waals surface area contributed by atoms with Gasteiger partial charge in [0, 0.05) is 31.2 Å². The van der Waals surface area contributed by atoms with Gasteiger partial charge in [-0.15, -0.1) is 0 Å². The molecule has 0 radical (unpaired) electrons. The maximum atomic E-state index is 12.7. The predicted molar refractivity (Wildman–Crippen MR) is 134 cm³/mol. The summed E-state index contributed by atoms with van der Waals surface area (Å²) in [7, 11) is -3.53. The largest absolute Gasteiger partial charge is 0.492 e. The third-order valence-corrected chi connectivity index (χ3v) is 8.61. The molecule has 10 heteroatoms. The van der Waals surface area contributed by atoms with E-state index in [2.05, 4.69) is 10.2 Å². The summed E-state index contributed by atoms with van der Waals surface area (Å²) in [6.07, 6.45) is 1.84. The molecule has 1 atom stereocenters. The van der Waals surface area contributed by atoms with E-state index in [1.54, 1.807) is 24.3 Å². The van der Waals surface area contributed by atoms with Crippen LogP contribution in [0.3, 0.4) is 0 Å². The van der Waals surface area contributed by atoms with Crippen molar-refractivity contribution in [2.24, 2.45) is 5.92 Å². The molecule has 2 aromatic carbocycles. The van der Waals surface area contributed by atoms with Gasteiger partial charge < -0.3 is 14.8 Å². The first-order valence-electron chi connectivity index (χ1n) is 12.0. The minimum absolute atomic E-state index is 0.0319. The monoisotopic (exact) mass is 521 g/mol. The third kappa shape index (κ3) is 6.95. The van der Waals surface area contributed by atoms with E-state index in [0.29, 0.717) is 51.7 Å². The van der Waals surface area contributed by atoms with E-state index >= 15 is 0 Å². The Kier molecular flexibility index (Phi) is 9.02. The molecule has 2 aromatic rings. The summed E-state index contributed by atoms with van der Waals surface area (Å²) in [6.45, 7) is 4.62. The first kappa shape index (κ1) is 25.9. The second-order valence-corrected chi connectivity index (χ2v) is 11.1. The van der Waals surface area contributed by atoms with Crippen LogP contribution < -0.4 is 10.1 Å². The van der Waals surface area contributed by atoms with Gasteiger partial charge >= 0.3 is 0 Å². The van der Waals surface area contributed by atoms with Gasteiger partial charge in [0.05, 0.1) is 30.6 Å². The van der Waals surface area contributed by atoms with E-state index in [1.165, 1.54) is 4.31 Å². The van der Waals surface area contributed by atoms with Crippen molar-refractivity contribution in [3.63, 3.8) is 0 Å². The van der Waals surface area contributed by atoms with E-state index in [-0.39, 0.29) is 16.7 Å². The zero-order valence-electron chi connectivity index (χ0n) is 19.7. The van der Waals surface area contributed by atoms with E-state index in [9.17, 15) is 13.2 Å². The molecule has 0 bridgehead atoms. The summed E-state index contributed by atoms with van der Waals surface area (Å²) in [5, 5.41) is 3.72. The average molecular weight is 522 g/mol. The number of sulfonamides is 1. The van der Waals surface area contributed by atoms with Crippen LogP contribution in [-0.2, 0) is 26.1 Å². The van der Waals surface area contributed by atoms with Gasteiger partial charge in [-0.25, -0.2) is 8.42 Å². The zero-order valence-corrected chi connectivity index (χ0v) is 21.3. The van der Waals surface area contributed by atoms with Gasteiger partial charge in [-0.1, -0.05) is 29.8 Å². The van der Waals surface area contributed by atoms with Gasteiger partial charge in [0.15, 0.2) is 0 Å². The second kappa shape index (κ2) is 12.2. The quantitative estimate of drug-likeness (QED) is 0.510. The Morgan fingerprint density at radius 2 is 1.83 bits per heavy atom. The second-order valence-electron chi connectivity index (χ2n) is 8.79. The first-order valence-corrected chi connectivity index (χ1v) is 13.8. The molecule has 2 saturated heterocycles. The van der Waals surface area contributed by atoms with Crippen molar-refractivity contribution in [3.05, 3.63) is 59.1 Å². The fraction of sp³-hybridized carbons (Fsp3) is 0.480. The number of nitrogens with one attached hydrogen (secondary N) is 1. The molecule has 0 saturated carbocycles. The van der Waals surface area contributed by atoms with Crippen LogP contribution in [0.15, 0.2) is 53.4 Å². The van der Waals surface area contributed by atoms with Crippen molar-refractivity contribution in [2.45, 2.75) is 24.3 Å². The number of rotatable bonds is 9.